The molecule has 0 fully saturated rings. The number of unbranched alkanes of at least 4 members (excludes halogenated alkanes) is 1. The van der Waals surface area contributed by atoms with Crippen LogP contribution in [0.3, 0.4) is 0 Å². The van der Waals surface area contributed by atoms with Crippen LogP contribution in [0.4, 0.5) is 4.39 Å². The van der Waals surface area contributed by atoms with Crippen molar-refractivity contribution < 1.29 is 22.8 Å². The van der Waals surface area contributed by atoms with Gasteiger partial charge in [0.1, 0.15) is 6.16 Å². The van der Waals surface area contributed by atoms with Gasteiger partial charge in [0.05, 0.1) is 0 Å². The van der Waals surface area contributed by atoms with Crippen molar-refractivity contribution in [2.45, 2.75) is 32.4 Å². The van der Waals surface area contributed by atoms with Crippen molar-refractivity contribution in [2.75, 3.05) is 20.4 Å². The fraction of sp³-hybridized carbons (Fsp3) is 0.889. The van der Waals surface area contributed by atoms with Crippen LogP contribution in [0.2, 0.25) is 0 Å². The summed E-state index contributed by atoms with van der Waals surface area (Å²) in [6.07, 6.45) is -0.436. The van der Waals surface area contributed by atoms with Gasteiger partial charge in [-0.15, -0.1) is 0 Å². The fourth-order valence-corrected chi connectivity index (χ4v) is 2.02. The summed E-state index contributed by atoms with van der Waals surface area (Å²) in [4.78, 5) is 11.3. The van der Waals surface area contributed by atoms with E-state index >= 15 is 0 Å². The molecule has 0 aliphatic carbocycles. The average molecular weight is 240 g/mol. The van der Waals surface area contributed by atoms with E-state index in [-0.39, 0.29) is 6.42 Å². The minimum atomic E-state index is -3.41. The Morgan fingerprint density at radius 2 is 1.93 bits per heavy atom. The molecule has 0 aliphatic rings. The van der Waals surface area contributed by atoms with Crippen molar-refractivity contribution in [3.63, 3.8) is 0 Å². The van der Waals surface area contributed by atoms with E-state index in [1.165, 1.54) is 14.2 Å². The molecule has 0 spiro atoms. The zero-order valence-electron chi connectivity index (χ0n) is 9.36. The maximum atomic E-state index is 13.2. The number of Topliss-reactive ketones (excluding diaryl/α,β-unsaturated/α-hetero) is 1. The number of carbonyl (C=O) groups is 1. The molecule has 0 saturated heterocycles. The molecule has 1 unspecified atom stereocenters. The smallest absolute Gasteiger partial charge is 0.312 e. The maximum absolute atomic E-state index is 13.2. The molecular weight excluding hydrogens is 222 g/mol. The number of hydrogen-bond acceptors (Lipinski definition) is 4. The van der Waals surface area contributed by atoms with Crippen LogP contribution < -0.4 is 0 Å². The Balaban J connectivity index is 4.17. The predicted molar refractivity (Wildman–Crippen MR) is 55.9 cm³/mol. The van der Waals surface area contributed by atoms with E-state index in [0.29, 0.717) is 6.42 Å². The Labute approximate surface area is 89.7 Å². The van der Waals surface area contributed by atoms with Crippen molar-refractivity contribution in [1.29, 1.82) is 0 Å². The number of halogens is 1. The lowest BCUT2D eigenvalue weighted by Crippen LogP contribution is -2.20. The highest BCUT2D eigenvalue weighted by Gasteiger charge is 2.29. The first-order valence-electron chi connectivity index (χ1n) is 4.86. The van der Waals surface area contributed by atoms with Gasteiger partial charge in [0.15, 0.2) is 12.0 Å². The van der Waals surface area contributed by atoms with Gasteiger partial charge in [-0.1, -0.05) is 19.8 Å². The van der Waals surface area contributed by atoms with E-state index in [1.54, 1.807) is 0 Å². The van der Waals surface area contributed by atoms with Crippen LogP contribution >= 0.6 is 7.60 Å². The molecule has 0 bridgehead atoms. The van der Waals surface area contributed by atoms with E-state index in [9.17, 15) is 13.8 Å². The third-order valence-corrected chi connectivity index (χ3v) is 3.88. The summed E-state index contributed by atoms with van der Waals surface area (Å²) >= 11 is 0. The number of rotatable bonds is 8. The molecule has 0 heterocycles. The summed E-state index contributed by atoms with van der Waals surface area (Å²) in [7, 11) is -1.06. The third-order valence-electron chi connectivity index (χ3n) is 2.07. The van der Waals surface area contributed by atoms with Crippen LogP contribution in [-0.4, -0.2) is 32.3 Å². The van der Waals surface area contributed by atoms with E-state index in [4.69, 9.17) is 0 Å². The topological polar surface area (TPSA) is 52.6 Å². The molecule has 0 aromatic rings. The van der Waals surface area contributed by atoms with Gasteiger partial charge in [0.2, 0.25) is 0 Å². The normalized spacial score (nSPS) is 13.9. The minimum Gasteiger partial charge on any atom is -0.312 e. The molecule has 1 atom stereocenters. The summed E-state index contributed by atoms with van der Waals surface area (Å²) in [5.41, 5.74) is 0. The molecule has 90 valence electrons. The number of hydrogen-bond donors (Lipinski definition) is 0. The molecule has 0 aromatic heterocycles. The molecule has 4 nitrogen and oxygen atoms in total. The fourth-order valence-electron chi connectivity index (χ4n) is 1.04. The summed E-state index contributed by atoms with van der Waals surface area (Å²) in [5, 5.41) is 0. The Kier molecular flexibility index (Phi) is 6.98. The lowest BCUT2D eigenvalue weighted by molar-refractivity contribution is -0.121. The zero-order valence-corrected chi connectivity index (χ0v) is 10.3. The minimum absolute atomic E-state index is 0.169. The van der Waals surface area contributed by atoms with Crippen LogP contribution in [0.15, 0.2) is 0 Å². The van der Waals surface area contributed by atoms with Gasteiger partial charge in [-0.2, -0.15) is 0 Å². The van der Waals surface area contributed by atoms with Crippen LogP contribution in [0.25, 0.3) is 0 Å². The van der Waals surface area contributed by atoms with Crippen molar-refractivity contribution in [1.82, 2.24) is 0 Å². The van der Waals surface area contributed by atoms with E-state index < -0.39 is 25.7 Å². The van der Waals surface area contributed by atoms with Crippen LogP contribution in [0.1, 0.15) is 26.2 Å². The average Bonchev–Trinajstić information content (AvgIpc) is 2.25. The molecule has 0 amide bonds. The highest BCUT2D eigenvalue weighted by molar-refractivity contribution is 7.54. The second kappa shape index (κ2) is 7.09. The second-order valence-corrected chi connectivity index (χ2v) is 5.48. The summed E-state index contributed by atoms with van der Waals surface area (Å²) in [5.74, 6) is -0.713. The van der Waals surface area contributed by atoms with Crippen LogP contribution in [0, 0.1) is 0 Å². The van der Waals surface area contributed by atoms with Gasteiger partial charge < -0.3 is 9.05 Å². The highest BCUT2D eigenvalue weighted by Crippen LogP contribution is 2.46. The predicted octanol–water partition coefficient (Wildman–Crippen LogP) is 2.57. The molecule has 0 N–H and O–H groups in total. The molecule has 0 aromatic carbocycles. The first kappa shape index (κ1) is 14.8. The van der Waals surface area contributed by atoms with Gasteiger partial charge in [-0.25, -0.2) is 4.39 Å². The Morgan fingerprint density at radius 1 is 1.40 bits per heavy atom. The van der Waals surface area contributed by atoms with Gasteiger partial charge in [0, 0.05) is 14.2 Å². The largest absolute Gasteiger partial charge is 0.337 e. The van der Waals surface area contributed by atoms with Crippen molar-refractivity contribution in [3.8, 4) is 0 Å². The monoisotopic (exact) mass is 240 g/mol. The van der Waals surface area contributed by atoms with Gasteiger partial charge in [-0.3, -0.25) is 9.36 Å². The maximum Gasteiger partial charge on any atom is 0.337 e. The molecule has 0 aliphatic heterocycles. The Bertz CT molecular complexity index is 236. The van der Waals surface area contributed by atoms with E-state index in [1.807, 2.05) is 6.92 Å². The van der Waals surface area contributed by atoms with E-state index in [0.717, 1.165) is 6.42 Å². The molecule has 15 heavy (non-hydrogen) atoms. The highest BCUT2D eigenvalue weighted by atomic mass is 31.2. The number of alkyl halides is 1. The summed E-state index contributed by atoms with van der Waals surface area (Å²) in [6, 6.07) is 0. The van der Waals surface area contributed by atoms with E-state index in [2.05, 4.69) is 9.05 Å². The van der Waals surface area contributed by atoms with Crippen LogP contribution in [0.5, 0.6) is 0 Å². The quantitative estimate of drug-likeness (QED) is 0.612. The molecule has 0 rings (SSSR count). The number of carbonyl (C=O) groups excluding carboxylic acids is 1. The third kappa shape index (κ3) is 5.40. The molecule has 6 heteroatoms. The number of ketones is 1. The lowest BCUT2D eigenvalue weighted by Gasteiger charge is -2.13. The van der Waals surface area contributed by atoms with Gasteiger partial charge in [-0.05, 0) is 6.42 Å². The Hall–Kier alpha value is -0.250. The lowest BCUT2D eigenvalue weighted by atomic mass is 10.1. The van der Waals surface area contributed by atoms with Crippen LogP contribution in [-0.2, 0) is 18.4 Å². The van der Waals surface area contributed by atoms with Crippen molar-refractivity contribution in [3.05, 3.63) is 0 Å². The molecule has 0 radical (unpaired) electrons. The molecular formula is C9H18FO4P. The first-order chi connectivity index (χ1) is 6.99. The standard InChI is InChI=1S/C9H18FO4P/c1-4-5-6-8(10)9(11)7-15(12,13-2)14-3/h8H,4-7H2,1-3H3. The SMILES string of the molecule is CCCCC(F)C(=O)CP(=O)(OC)OC. The summed E-state index contributed by atoms with van der Waals surface area (Å²) < 4.78 is 33.8. The second-order valence-electron chi connectivity index (χ2n) is 3.21. The Morgan fingerprint density at radius 3 is 2.33 bits per heavy atom. The van der Waals surface area contributed by atoms with Gasteiger partial charge in [0.25, 0.3) is 0 Å². The van der Waals surface area contributed by atoms with Crippen molar-refractivity contribution >= 4 is 13.4 Å². The first-order valence-corrected chi connectivity index (χ1v) is 6.59. The van der Waals surface area contributed by atoms with Crippen molar-refractivity contribution in [2.24, 2.45) is 0 Å². The van der Waals surface area contributed by atoms with Gasteiger partial charge >= 0.3 is 7.60 Å². The summed E-state index contributed by atoms with van der Waals surface area (Å²) in [6.45, 7) is 1.91. The molecule has 0 saturated carbocycles. The zero-order chi connectivity index (χ0) is 11.9.